The molecule has 0 aromatic rings. The van der Waals surface area contributed by atoms with Crippen molar-refractivity contribution in [2.24, 2.45) is 88.8 Å². The van der Waals surface area contributed by atoms with Crippen LogP contribution >= 0.6 is 0 Å². The number of aliphatic hydroxyl groups is 3. The average molecular weight is 1390 g/mol. The quantitative estimate of drug-likeness (QED) is 0.0344. The van der Waals surface area contributed by atoms with Crippen molar-refractivity contribution in [2.45, 2.75) is 337 Å². The summed E-state index contributed by atoms with van der Waals surface area (Å²) in [6, 6.07) is 0. The minimum atomic E-state index is -1.02. The van der Waals surface area contributed by atoms with Gasteiger partial charge in [0.1, 0.15) is 35.4 Å². The fourth-order valence-electron chi connectivity index (χ4n) is 11.2. The molecule has 0 aromatic heterocycles. The van der Waals surface area contributed by atoms with Gasteiger partial charge in [-0.2, -0.15) is 0 Å². The Hall–Kier alpha value is -2.68. The van der Waals surface area contributed by atoms with Crippen molar-refractivity contribution in [3.8, 4) is 0 Å². The minimum Gasteiger partial charge on any atom is -0.396 e. The summed E-state index contributed by atoms with van der Waals surface area (Å²) in [7, 11) is 0. The molecule has 0 bridgehead atoms. The van der Waals surface area contributed by atoms with Crippen LogP contribution in [0.2, 0.25) is 0 Å². The third-order valence-electron chi connectivity index (χ3n) is 19.6. The summed E-state index contributed by atoms with van der Waals surface area (Å²) >= 11 is 0. The van der Waals surface area contributed by atoms with Gasteiger partial charge < -0.3 is 58.0 Å². The molecule has 17 heteroatoms. The van der Waals surface area contributed by atoms with Crippen molar-refractivity contribution in [1.82, 2.24) is 0 Å². The zero-order chi connectivity index (χ0) is 75.6. The van der Waals surface area contributed by atoms with Crippen molar-refractivity contribution in [3.05, 3.63) is 72.2 Å². The third kappa shape index (κ3) is 33.5. The Labute approximate surface area is 588 Å². The fraction of sp³-hybridized carbons (Fsp3) is 0.838. The lowest BCUT2D eigenvalue weighted by Crippen LogP contribution is -2.32. The second-order valence-corrected chi connectivity index (χ2v) is 31.8. The molecule has 0 amide bonds. The summed E-state index contributed by atoms with van der Waals surface area (Å²) in [5, 5.41) is 28.6. The van der Waals surface area contributed by atoms with Crippen LogP contribution in [0.3, 0.4) is 0 Å². The van der Waals surface area contributed by atoms with Gasteiger partial charge >= 0.3 is 0 Å². The van der Waals surface area contributed by atoms with Gasteiger partial charge in [0.2, 0.25) is 0 Å². The summed E-state index contributed by atoms with van der Waals surface area (Å²) in [5.74, 6) is -2.62. The number of hydrogen-bond donors (Lipinski definition) is 3. The van der Waals surface area contributed by atoms with Crippen LogP contribution in [-0.2, 0) is 42.7 Å². The second-order valence-electron chi connectivity index (χ2n) is 31.8. The summed E-state index contributed by atoms with van der Waals surface area (Å²) in [6.45, 7) is 62.3. The van der Waals surface area contributed by atoms with Gasteiger partial charge in [0.15, 0.2) is 23.1 Å². The molecule has 0 radical (unpaired) electrons. The van der Waals surface area contributed by atoms with Gasteiger partial charge in [0.25, 0.3) is 0 Å². The lowest BCUT2D eigenvalue weighted by atomic mass is 9.91. The zero-order valence-electron chi connectivity index (χ0n) is 66.2. The van der Waals surface area contributed by atoms with E-state index in [0.29, 0.717) is 48.9 Å². The van der Waals surface area contributed by atoms with E-state index in [1.54, 1.807) is 64.2 Å². The molecule has 0 aliphatic carbocycles. The van der Waals surface area contributed by atoms with E-state index < -0.39 is 53.3 Å². The van der Waals surface area contributed by atoms with E-state index in [9.17, 15) is 37.0 Å². The van der Waals surface area contributed by atoms with Crippen molar-refractivity contribution in [3.63, 3.8) is 0 Å². The molecular weight excluding hydrogens is 1250 g/mol. The number of rotatable bonds is 31. The number of ether oxygens (including phenoxy) is 8. The SMILES string of the molecule is C=CC[C@@H]1OC(C)(C)O[C@@H]1[C@H](C)/C(F)=C\[C@@H](C)C(C)C.CC(C)[C@H](C)/C=C(/F)[C@@H](C)[C@H]1OC(C)(C)O[C@H]1CC=O.CC(C)[C@H](C)/C=C(/F)[C@@H](C)[C@H]1OC(C)(C)O[C@H]1CCO.CCC[C@@H]1OC(C)(C)O[C@@H]1[C@H](C)/C(F)=C\[C@@H](C)C(C)C.CCC[C@H](O)[C@H](O)[C@H](C)/C(F)=C\[C@@H](C)C(C)C. The average Bonchev–Trinajstić information content (AvgIpc) is 1.70. The maximum Gasteiger partial charge on any atom is 0.163 e. The molecule has 4 aliphatic rings. The molecule has 4 fully saturated rings. The molecular formula is C80H143F5O12. The molecule has 20 atom stereocenters. The maximum absolute atomic E-state index is 14.5. The highest BCUT2D eigenvalue weighted by Gasteiger charge is 2.48. The van der Waals surface area contributed by atoms with Gasteiger partial charge in [0.05, 0.1) is 61.0 Å². The van der Waals surface area contributed by atoms with Crippen molar-refractivity contribution in [2.75, 3.05) is 6.61 Å². The van der Waals surface area contributed by atoms with E-state index in [-0.39, 0.29) is 132 Å². The van der Waals surface area contributed by atoms with Crippen LogP contribution in [0, 0.1) is 88.8 Å². The summed E-state index contributed by atoms with van der Waals surface area (Å²) in [6.07, 6.45) is 11.6. The fourth-order valence-corrected chi connectivity index (χ4v) is 11.2. The molecule has 0 saturated carbocycles. The van der Waals surface area contributed by atoms with Crippen molar-refractivity contribution in [1.29, 1.82) is 0 Å². The molecule has 0 unspecified atom stereocenters. The smallest absolute Gasteiger partial charge is 0.163 e. The number of carbonyl (C=O) groups excluding carboxylic acids is 1. The highest BCUT2D eigenvalue weighted by Crippen LogP contribution is 2.42. The molecule has 4 heterocycles. The zero-order valence-corrected chi connectivity index (χ0v) is 66.2. The predicted molar refractivity (Wildman–Crippen MR) is 386 cm³/mol. The van der Waals surface area contributed by atoms with Gasteiger partial charge in [0, 0.05) is 42.6 Å². The van der Waals surface area contributed by atoms with Crippen LogP contribution in [0.25, 0.3) is 0 Å². The Morgan fingerprint density at radius 1 is 0.402 bits per heavy atom. The lowest BCUT2D eigenvalue weighted by molar-refractivity contribution is -0.150. The Bertz CT molecular complexity index is 2240. The standard InChI is InChI=1S/C17H31FO2.C17H29FO2.C16H29FO3.C16H27FO3.C14H27FO2/c2*1-8-9-15-16(20-17(6,7)19-15)13(5)14(18)10-12(4)11(2)3;2*1-10(2)11(3)9-13(17)12(4)15-14(7-8-18)19-16(5,6)20-15;1-6-7-13(16)14(17)11(5)12(15)8-10(4)9(2)3/h10-13,15-16H,8-9H2,1-7H3;8,10-13,15-16H,1,9H2,2-7H3;9-12,14-15,18H,7-8H2,1-6H3;8-12,14-15H,7H2,1-6H3;8-11,13-14,16-17H,6-7H2,1-5H3/b2*14-10+;2*13-9+;12-8+/t2*12-,13-,15+,16-;2*11-,12-,14+,15-;10-,11-,13+,14-/m11111/s1. The normalized spacial score (nSPS) is 28.0. The molecule has 4 rings (SSSR count). The molecule has 0 aromatic carbocycles. The van der Waals surface area contributed by atoms with Gasteiger partial charge in [-0.15, -0.1) is 6.58 Å². The number of hydrogen-bond acceptors (Lipinski definition) is 12. The number of carbonyl (C=O) groups is 1. The first-order valence-electron chi connectivity index (χ1n) is 36.8. The maximum atomic E-state index is 14.5. The molecule has 97 heavy (non-hydrogen) atoms. The van der Waals surface area contributed by atoms with Crippen LogP contribution < -0.4 is 0 Å². The Balaban J connectivity index is 0.00000119. The summed E-state index contributed by atoms with van der Waals surface area (Å²) in [4.78, 5) is 10.7. The Kier molecular flexibility index (Phi) is 42.9. The van der Waals surface area contributed by atoms with Crippen molar-refractivity contribution < 1.29 is 80.0 Å². The van der Waals surface area contributed by atoms with Crippen LogP contribution in [0.5, 0.6) is 0 Å². The Morgan fingerprint density at radius 2 is 0.660 bits per heavy atom. The molecule has 3 N–H and O–H groups in total. The van der Waals surface area contributed by atoms with E-state index in [1.807, 2.05) is 111 Å². The van der Waals surface area contributed by atoms with E-state index in [1.165, 1.54) is 0 Å². The van der Waals surface area contributed by atoms with Gasteiger partial charge in [-0.3, -0.25) is 0 Å². The molecule has 4 saturated heterocycles. The molecule has 0 spiro atoms. The summed E-state index contributed by atoms with van der Waals surface area (Å²) in [5.41, 5.74) is 0. The third-order valence-corrected chi connectivity index (χ3v) is 19.6. The number of aliphatic hydroxyl groups excluding tert-OH is 3. The predicted octanol–water partition coefficient (Wildman–Crippen LogP) is 20.8. The van der Waals surface area contributed by atoms with Gasteiger partial charge in [-0.25, -0.2) is 22.0 Å². The van der Waals surface area contributed by atoms with E-state index in [2.05, 4.69) is 75.8 Å². The highest BCUT2D eigenvalue weighted by atomic mass is 19.1. The van der Waals surface area contributed by atoms with E-state index in [0.717, 1.165) is 25.5 Å². The first-order chi connectivity index (χ1) is 44.5. The first kappa shape index (κ1) is 94.3. The van der Waals surface area contributed by atoms with E-state index in [4.69, 9.17) is 43.0 Å². The van der Waals surface area contributed by atoms with E-state index >= 15 is 0 Å². The largest absolute Gasteiger partial charge is 0.396 e. The first-order valence-corrected chi connectivity index (χ1v) is 36.8. The van der Waals surface area contributed by atoms with Gasteiger partial charge in [-0.1, -0.05) is 171 Å². The van der Waals surface area contributed by atoms with Gasteiger partial charge in [-0.05, 0) is 171 Å². The minimum absolute atomic E-state index is 0.0149. The van der Waals surface area contributed by atoms with Crippen LogP contribution in [0.15, 0.2) is 72.2 Å². The monoisotopic (exact) mass is 1390 g/mol. The van der Waals surface area contributed by atoms with Crippen LogP contribution in [-0.4, -0.2) is 112 Å². The number of halogens is 5. The van der Waals surface area contributed by atoms with Crippen molar-refractivity contribution >= 4 is 6.29 Å². The Morgan fingerprint density at radius 3 is 0.907 bits per heavy atom. The lowest BCUT2D eigenvalue weighted by Gasteiger charge is -2.23. The van der Waals surface area contributed by atoms with Crippen LogP contribution in [0.1, 0.15) is 253 Å². The van der Waals surface area contributed by atoms with Crippen LogP contribution in [0.4, 0.5) is 22.0 Å². The number of allylic oxidation sites excluding steroid dienone is 5. The molecule has 4 aliphatic heterocycles. The molecule has 12 nitrogen and oxygen atoms in total. The summed E-state index contributed by atoms with van der Waals surface area (Å²) < 4.78 is 118. The second kappa shape index (κ2) is 44.1. The topological polar surface area (TPSA) is 152 Å². The highest BCUT2D eigenvalue weighted by molar-refractivity contribution is 5.50. The molecule has 570 valence electrons. The number of aldehydes is 1.